The van der Waals surface area contributed by atoms with E-state index in [1.807, 2.05) is 13.8 Å². The van der Waals surface area contributed by atoms with E-state index in [9.17, 15) is 10.1 Å². The van der Waals surface area contributed by atoms with Gasteiger partial charge in [-0.1, -0.05) is 13.8 Å². The van der Waals surface area contributed by atoms with Gasteiger partial charge < -0.3 is 15.1 Å². The summed E-state index contributed by atoms with van der Waals surface area (Å²) in [5, 5.41) is 12.2. The Morgan fingerprint density at radius 3 is 2.50 bits per heavy atom. The molecule has 1 amide bonds. The van der Waals surface area contributed by atoms with Gasteiger partial charge in [-0.2, -0.15) is 5.26 Å². The maximum atomic E-state index is 12.3. The third-order valence-electron chi connectivity index (χ3n) is 4.91. The minimum absolute atomic E-state index is 0.0200. The van der Waals surface area contributed by atoms with Crippen LogP contribution in [-0.4, -0.2) is 44.2 Å². The highest BCUT2D eigenvalue weighted by Gasteiger charge is 2.32. The fraction of sp³-hybridized carbons (Fsp3) is 0.647. The summed E-state index contributed by atoms with van der Waals surface area (Å²) in [6.45, 7) is 11.4. The molecule has 1 aromatic rings. The number of amides is 1. The van der Waals surface area contributed by atoms with Gasteiger partial charge in [0.15, 0.2) is 6.54 Å². The molecule has 5 nitrogen and oxygen atoms in total. The van der Waals surface area contributed by atoms with Crippen molar-refractivity contribution in [2.75, 3.05) is 32.7 Å². The molecule has 1 atom stereocenters. The van der Waals surface area contributed by atoms with Crippen molar-refractivity contribution >= 4 is 33.2 Å². The fourth-order valence-electron chi connectivity index (χ4n) is 2.87. The molecule has 1 aliphatic rings. The number of halogens is 1. The Hall–Kier alpha value is -0.940. The number of hydrogen-bond donors (Lipinski definition) is 3. The molecule has 2 rings (SSSR count). The second-order valence-electron chi connectivity index (χ2n) is 7.08. The smallest absolute Gasteiger partial charge is 0.276 e. The van der Waals surface area contributed by atoms with Crippen molar-refractivity contribution in [2.45, 2.75) is 32.9 Å². The first kappa shape index (κ1) is 19.4. The summed E-state index contributed by atoms with van der Waals surface area (Å²) in [5.41, 5.74) is -0.782. The minimum atomic E-state index is -0.782. The average molecular weight is 415 g/mol. The quantitative estimate of drug-likeness (QED) is 0.605. The van der Waals surface area contributed by atoms with Gasteiger partial charge in [-0.15, -0.1) is 11.3 Å². The largest absolute Gasteiger partial charge is 0.333 e. The Labute approximate surface area is 156 Å². The Bertz CT molecular complexity index is 604. The van der Waals surface area contributed by atoms with Crippen molar-refractivity contribution in [2.24, 2.45) is 5.92 Å². The summed E-state index contributed by atoms with van der Waals surface area (Å²) >= 11 is 5.31. The molecule has 7 heteroatoms. The van der Waals surface area contributed by atoms with Crippen molar-refractivity contribution in [1.29, 1.82) is 5.26 Å². The van der Waals surface area contributed by atoms with Gasteiger partial charge in [0.2, 0.25) is 0 Å². The monoisotopic (exact) mass is 414 g/mol. The Balaban J connectivity index is 1.76. The summed E-state index contributed by atoms with van der Waals surface area (Å²) in [6.07, 6.45) is 0. The molecule has 0 radical (unpaired) electrons. The van der Waals surface area contributed by atoms with E-state index in [1.165, 1.54) is 13.6 Å². The lowest BCUT2D eigenvalue weighted by Crippen LogP contribution is -3.28. The molecule has 0 unspecified atom stereocenters. The molecule has 1 aromatic heterocycles. The lowest BCUT2D eigenvalue weighted by Gasteiger charge is -2.31. The summed E-state index contributed by atoms with van der Waals surface area (Å²) in [7, 11) is 0. The second kappa shape index (κ2) is 8.43. The highest BCUT2D eigenvalue weighted by molar-refractivity contribution is 9.11. The second-order valence-corrected chi connectivity index (χ2v) is 9.62. The van der Waals surface area contributed by atoms with Crippen LogP contribution < -0.4 is 15.1 Å². The van der Waals surface area contributed by atoms with Crippen molar-refractivity contribution in [1.82, 2.24) is 5.32 Å². The zero-order chi connectivity index (χ0) is 17.7. The predicted octanol–water partition coefficient (Wildman–Crippen LogP) is -0.152. The molecule has 132 valence electrons. The molecular weight excluding hydrogens is 388 g/mol. The molecule has 2 heterocycles. The van der Waals surface area contributed by atoms with E-state index < -0.39 is 5.54 Å². The lowest BCUT2D eigenvalue weighted by atomic mass is 9.90. The van der Waals surface area contributed by atoms with E-state index in [-0.39, 0.29) is 11.8 Å². The lowest BCUT2D eigenvalue weighted by molar-refractivity contribution is -1.01. The molecule has 0 spiro atoms. The van der Waals surface area contributed by atoms with Crippen molar-refractivity contribution in [3.63, 3.8) is 0 Å². The van der Waals surface area contributed by atoms with Crippen LogP contribution in [0.1, 0.15) is 25.6 Å². The van der Waals surface area contributed by atoms with Crippen molar-refractivity contribution in [3.05, 3.63) is 20.8 Å². The molecule has 0 aliphatic carbocycles. The van der Waals surface area contributed by atoms with Gasteiger partial charge in [-0.3, -0.25) is 4.79 Å². The number of nitrogens with zero attached hydrogens (tertiary/aromatic N) is 1. The van der Waals surface area contributed by atoms with Gasteiger partial charge in [-0.05, 0) is 40.9 Å². The van der Waals surface area contributed by atoms with Crippen LogP contribution in [0.15, 0.2) is 15.9 Å². The molecule has 1 aliphatic heterocycles. The molecule has 1 fully saturated rings. The SMILES string of the molecule is CC(C)[C@@](C)(C#N)NC(=O)C[NH+]1CC[NH+](Cc2ccc(Br)s2)CC1. The summed E-state index contributed by atoms with van der Waals surface area (Å²) < 4.78 is 1.18. The number of nitrogens with one attached hydrogen (secondary N) is 3. The molecular formula is C17H27BrN4OS+2. The number of piperazine rings is 1. The van der Waals surface area contributed by atoms with E-state index in [4.69, 9.17) is 0 Å². The maximum absolute atomic E-state index is 12.3. The molecule has 0 aromatic carbocycles. The number of rotatable bonds is 6. The molecule has 1 saturated heterocycles. The van der Waals surface area contributed by atoms with E-state index in [1.54, 1.807) is 23.2 Å². The van der Waals surface area contributed by atoms with Gasteiger partial charge in [0.25, 0.3) is 5.91 Å². The Morgan fingerprint density at radius 2 is 2.00 bits per heavy atom. The summed E-state index contributed by atoms with van der Waals surface area (Å²) in [6, 6.07) is 6.52. The van der Waals surface area contributed by atoms with Crippen molar-refractivity contribution in [3.8, 4) is 6.07 Å². The van der Waals surface area contributed by atoms with Gasteiger partial charge in [0.05, 0.1) is 14.7 Å². The first-order chi connectivity index (χ1) is 11.3. The van der Waals surface area contributed by atoms with Crippen molar-refractivity contribution < 1.29 is 14.6 Å². The number of carbonyl (C=O) groups excluding carboxylic acids is 1. The number of nitriles is 1. The highest BCUT2D eigenvalue weighted by atomic mass is 79.9. The van der Waals surface area contributed by atoms with E-state index >= 15 is 0 Å². The Kier molecular flexibility index (Phi) is 6.81. The Morgan fingerprint density at radius 1 is 1.38 bits per heavy atom. The van der Waals surface area contributed by atoms with E-state index in [2.05, 4.69) is 39.4 Å². The fourth-order valence-corrected chi connectivity index (χ4v) is 4.42. The maximum Gasteiger partial charge on any atom is 0.276 e. The molecule has 0 saturated carbocycles. The van der Waals surface area contributed by atoms with Crippen LogP contribution in [0.25, 0.3) is 0 Å². The predicted molar refractivity (Wildman–Crippen MR) is 99.0 cm³/mol. The summed E-state index contributed by atoms with van der Waals surface area (Å²) in [5.74, 6) is 0.0706. The molecule has 24 heavy (non-hydrogen) atoms. The van der Waals surface area contributed by atoms with Crippen LogP contribution in [0, 0.1) is 17.2 Å². The normalized spacial score (nSPS) is 23.5. The van der Waals surface area contributed by atoms with Crippen LogP contribution in [-0.2, 0) is 11.3 Å². The topological polar surface area (TPSA) is 61.8 Å². The standard InChI is InChI=1S/C17H25BrN4OS/c1-13(2)17(3,12-19)20-16(23)11-22-8-6-21(7-9-22)10-14-4-5-15(18)24-14/h4-5,13H,6-11H2,1-3H3,(H,20,23)/p+2/t17-/m1/s1. The van der Waals surface area contributed by atoms with E-state index in [0.29, 0.717) is 6.54 Å². The zero-order valence-corrected chi connectivity index (χ0v) is 17.0. The van der Waals surface area contributed by atoms with Crippen LogP contribution >= 0.6 is 27.3 Å². The molecule has 0 bridgehead atoms. The first-order valence-corrected chi connectivity index (χ1v) is 10.1. The van der Waals surface area contributed by atoms with Crippen LogP contribution in [0.5, 0.6) is 0 Å². The van der Waals surface area contributed by atoms with Crippen LogP contribution in [0.3, 0.4) is 0 Å². The third-order valence-corrected chi connectivity index (χ3v) is 6.54. The molecule has 3 N–H and O–H groups in total. The third kappa shape index (κ3) is 5.28. The number of hydrogen-bond acceptors (Lipinski definition) is 3. The number of thiophene rings is 1. The zero-order valence-electron chi connectivity index (χ0n) is 14.6. The van der Waals surface area contributed by atoms with Crippen LogP contribution in [0.4, 0.5) is 0 Å². The highest BCUT2D eigenvalue weighted by Crippen LogP contribution is 2.21. The first-order valence-electron chi connectivity index (χ1n) is 8.46. The van der Waals surface area contributed by atoms with Gasteiger partial charge in [-0.25, -0.2) is 0 Å². The van der Waals surface area contributed by atoms with Gasteiger partial charge >= 0.3 is 0 Å². The number of carbonyl (C=O) groups is 1. The van der Waals surface area contributed by atoms with Gasteiger partial charge in [0, 0.05) is 0 Å². The van der Waals surface area contributed by atoms with Crippen LogP contribution in [0.2, 0.25) is 0 Å². The van der Waals surface area contributed by atoms with E-state index in [0.717, 1.165) is 32.7 Å². The average Bonchev–Trinajstić information content (AvgIpc) is 2.94. The number of quaternary nitrogens is 2. The minimum Gasteiger partial charge on any atom is -0.333 e. The summed E-state index contributed by atoms with van der Waals surface area (Å²) in [4.78, 5) is 16.6. The van der Waals surface area contributed by atoms with Gasteiger partial charge in [0.1, 0.15) is 38.3 Å².